The highest BCUT2D eigenvalue weighted by molar-refractivity contribution is 5.98. The lowest BCUT2D eigenvalue weighted by Gasteiger charge is -2.26. The highest BCUT2D eigenvalue weighted by Crippen LogP contribution is 2.31. The van der Waals surface area contributed by atoms with Crippen molar-refractivity contribution in [2.24, 2.45) is 5.92 Å². The molecule has 0 aromatic heterocycles. The van der Waals surface area contributed by atoms with E-state index in [4.69, 9.17) is 4.74 Å². The number of hydrogen-bond acceptors (Lipinski definition) is 5. The number of fused-ring (bicyclic) bond motifs is 1. The summed E-state index contributed by atoms with van der Waals surface area (Å²) >= 11 is 0. The third-order valence-electron chi connectivity index (χ3n) is 5.76. The van der Waals surface area contributed by atoms with E-state index >= 15 is 0 Å². The molecule has 0 spiro atoms. The van der Waals surface area contributed by atoms with Gasteiger partial charge >= 0.3 is 5.97 Å². The first kappa shape index (κ1) is 21.3. The molecular formula is C22H30N2O5. The van der Waals surface area contributed by atoms with E-state index < -0.39 is 12.1 Å². The molecule has 7 heteroatoms. The smallest absolute Gasteiger partial charge is 0.326 e. The first-order chi connectivity index (χ1) is 14.0. The highest BCUT2D eigenvalue weighted by atomic mass is 16.5. The Kier molecular flexibility index (Phi) is 7.25. The second-order valence-corrected chi connectivity index (χ2v) is 7.80. The predicted molar refractivity (Wildman–Crippen MR) is 108 cm³/mol. The number of anilines is 1. The molecule has 1 aromatic carbocycles. The van der Waals surface area contributed by atoms with Crippen LogP contribution in [0.4, 0.5) is 5.69 Å². The number of carbonyl (C=O) groups excluding carboxylic acids is 3. The van der Waals surface area contributed by atoms with Crippen LogP contribution in [-0.2, 0) is 19.1 Å². The number of esters is 1. The number of ether oxygens (including phenoxy) is 1. The number of aliphatic hydroxyl groups excluding tert-OH is 1. The molecule has 1 aliphatic heterocycles. The maximum absolute atomic E-state index is 12.9. The van der Waals surface area contributed by atoms with Gasteiger partial charge in [-0.15, -0.1) is 0 Å². The maximum Gasteiger partial charge on any atom is 0.326 e. The normalized spacial score (nSPS) is 20.6. The SMILES string of the molecule is CCOC(=O)CN1C(=O)CCN(C(=O)CC2CCCC2)CC(O)c2ccccc21. The average molecular weight is 402 g/mol. The van der Waals surface area contributed by atoms with Crippen molar-refractivity contribution in [2.75, 3.05) is 31.1 Å². The number of para-hydroxylation sites is 1. The Bertz CT molecular complexity index is 744. The number of rotatable bonds is 5. The van der Waals surface area contributed by atoms with Gasteiger partial charge in [0.05, 0.1) is 24.9 Å². The quantitative estimate of drug-likeness (QED) is 0.765. The van der Waals surface area contributed by atoms with Crippen molar-refractivity contribution in [3.63, 3.8) is 0 Å². The minimum atomic E-state index is -0.936. The fraction of sp³-hybridized carbons (Fsp3) is 0.591. The van der Waals surface area contributed by atoms with Crippen molar-refractivity contribution in [1.29, 1.82) is 0 Å². The summed E-state index contributed by atoms with van der Waals surface area (Å²) in [6, 6.07) is 6.98. The fourth-order valence-corrected chi connectivity index (χ4v) is 4.24. The van der Waals surface area contributed by atoms with Crippen LogP contribution in [0, 0.1) is 5.92 Å². The van der Waals surface area contributed by atoms with E-state index in [1.54, 1.807) is 36.1 Å². The molecule has 2 amide bonds. The molecular weight excluding hydrogens is 372 g/mol. The Hall–Kier alpha value is -2.41. The Morgan fingerprint density at radius 3 is 2.66 bits per heavy atom. The molecule has 29 heavy (non-hydrogen) atoms. The van der Waals surface area contributed by atoms with Crippen molar-refractivity contribution >= 4 is 23.5 Å². The van der Waals surface area contributed by atoms with Gasteiger partial charge in [-0.2, -0.15) is 0 Å². The predicted octanol–water partition coefficient (Wildman–Crippen LogP) is 2.43. The van der Waals surface area contributed by atoms with Crippen LogP contribution in [0.15, 0.2) is 24.3 Å². The van der Waals surface area contributed by atoms with Gasteiger partial charge in [-0.1, -0.05) is 31.0 Å². The monoisotopic (exact) mass is 402 g/mol. The average Bonchev–Trinajstić information content (AvgIpc) is 3.22. The number of aliphatic hydroxyl groups is 1. The number of amides is 2. The summed E-state index contributed by atoms with van der Waals surface area (Å²) in [4.78, 5) is 40.8. The van der Waals surface area contributed by atoms with Crippen LogP contribution in [0.5, 0.6) is 0 Å². The summed E-state index contributed by atoms with van der Waals surface area (Å²) in [5.74, 6) is -0.382. The summed E-state index contributed by atoms with van der Waals surface area (Å²) in [5.41, 5.74) is 1.02. The van der Waals surface area contributed by atoms with Crippen LogP contribution < -0.4 is 4.90 Å². The zero-order valence-corrected chi connectivity index (χ0v) is 17.0. The number of nitrogens with zero attached hydrogens (tertiary/aromatic N) is 2. The van der Waals surface area contributed by atoms with Crippen molar-refractivity contribution in [3.8, 4) is 0 Å². The van der Waals surface area contributed by atoms with Crippen LogP contribution in [0.1, 0.15) is 57.1 Å². The van der Waals surface area contributed by atoms with E-state index in [2.05, 4.69) is 0 Å². The fourth-order valence-electron chi connectivity index (χ4n) is 4.24. The third kappa shape index (κ3) is 5.35. The number of carbonyl (C=O) groups is 3. The molecule has 0 bridgehead atoms. The molecule has 2 aliphatic rings. The van der Waals surface area contributed by atoms with Gasteiger partial charge in [-0.05, 0) is 31.7 Å². The van der Waals surface area contributed by atoms with Gasteiger partial charge in [-0.25, -0.2) is 0 Å². The van der Waals surface area contributed by atoms with Gasteiger partial charge < -0.3 is 19.6 Å². The topological polar surface area (TPSA) is 87.2 Å². The molecule has 1 aromatic rings. The largest absolute Gasteiger partial charge is 0.465 e. The molecule has 1 saturated carbocycles. The molecule has 7 nitrogen and oxygen atoms in total. The van der Waals surface area contributed by atoms with Gasteiger partial charge in [0.15, 0.2) is 0 Å². The number of benzene rings is 1. The lowest BCUT2D eigenvalue weighted by molar-refractivity contribution is -0.142. The van der Waals surface area contributed by atoms with E-state index in [1.165, 1.54) is 4.90 Å². The van der Waals surface area contributed by atoms with E-state index in [0.29, 0.717) is 23.6 Å². The van der Waals surface area contributed by atoms with E-state index in [-0.39, 0.29) is 44.5 Å². The summed E-state index contributed by atoms with van der Waals surface area (Å²) in [7, 11) is 0. The lowest BCUT2D eigenvalue weighted by atomic mass is 10.0. The van der Waals surface area contributed by atoms with Gasteiger partial charge in [0, 0.05) is 24.9 Å². The van der Waals surface area contributed by atoms with E-state index in [1.807, 2.05) is 0 Å². The van der Waals surface area contributed by atoms with Crippen LogP contribution in [0.2, 0.25) is 0 Å². The van der Waals surface area contributed by atoms with Crippen molar-refractivity contribution in [2.45, 2.75) is 51.6 Å². The summed E-state index contributed by atoms with van der Waals surface area (Å²) < 4.78 is 5.01. The van der Waals surface area contributed by atoms with E-state index in [0.717, 1.165) is 25.7 Å². The number of β-amino-alcohol motifs (C(OH)–C–C–N with tert-alkyl or cyclic N) is 1. The zero-order chi connectivity index (χ0) is 20.8. The second kappa shape index (κ2) is 9.87. The van der Waals surface area contributed by atoms with E-state index in [9.17, 15) is 19.5 Å². The molecule has 1 aliphatic carbocycles. The van der Waals surface area contributed by atoms with Gasteiger partial charge in [-0.3, -0.25) is 14.4 Å². The summed E-state index contributed by atoms with van der Waals surface area (Å²) in [6.45, 7) is 2.10. The zero-order valence-electron chi connectivity index (χ0n) is 17.0. The molecule has 1 N–H and O–H groups in total. The third-order valence-corrected chi connectivity index (χ3v) is 5.76. The van der Waals surface area contributed by atoms with Gasteiger partial charge in [0.1, 0.15) is 6.54 Å². The molecule has 158 valence electrons. The van der Waals surface area contributed by atoms with Crippen molar-refractivity contribution < 1.29 is 24.2 Å². The molecule has 3 rings (SSSR count). The Balaban J connectivity index is 1.82. The number of hydrogen-bond donors (Lipinski definition) is 1. The van der Waals surface area contributed by atoms with Gasteiger partial charge in [0.2, 0.25) is 11.8 Å². The molecule has 0 radical (unpaired) electrons. The molecule has 1 atom stereocenters. The standard InChI is InChI=1S/C22H30N2O5/c1-2-29-22(28)15-24-18-10-6-5-9-17(18)19(25)14-23(12-11-20(24)26)21(27)13-16-7-3-4-8-16/h5-6,9-10,16,19,25H,2-4,7-8,11-15H2,1H3. The highest BCUT2D eigenvalue weighted by Gasteiger charge is 2.30. The van der Waals surface area contributed by atoms with Crippen LogP contribution in [0.3, 0.4) is 0 Å². The second-order valence-electron chi connectivity index (χ2n) is 7.80. The molecule has 0 saturated heterocycles. The van der Waals surface area contributed by atoms with Crippen molar-refractivity contribution in [1.82, 2.24) is 4.90 Å². The van der Waals surface area contributed by atoms with Crippen LogP contribution >= 0.6 is 0 Å². The van der Waals surface area contributed by atoms with Crippen molar-refractivity contribution in [3.05, 3.63) is 29.8 Å². The van der Waals surface area contributed by atoms with Crippen LogP contribution in [-0.4, -0.2) is 54.0 Å². The first-order valence-electron chi connectivity index (χ1n) is 10.5. The summed E-state index contributed by atoms with van der Waals surface area (Å²) in [6.07, 6.45) is 4.08. The summed E-state index contributed by atoms with van der Waals surface area (Å²) in [5, 5.41) is 10.9. The maximum atomic E-state index is 12.9. The lowest BCUT2D eigenvalue weighted by Crippen LogP contribution is -2.39. The molecule has 1 unspecified atom stereocenters. The first-order valence-corrected chi connectivity index (χ1v) is 10.5. The minimum Gasteiger partial charge on any atom is -0.465 e. The van der Waals surface area contributed by atoms with Gasteiger partial charge in [0.25, 0.3) is 0 Å². The Labute approximate surface area is 171 Å². The molecule has 1 heterocycles. The van der Waals surface area contributed by atoms with Crippen LogP contribution in [0.25, 0.3) is 0 Å². The Morgan fingerprint density at radius 1 is 1.21 bits per heavy atom. The molecule has 1 fully saturated rings. The minimum absolute atomic E-state index is 0.0138. The Morgan fingerprint density at radius 2 is 1.93 bits per heavy atom.